The summed E-state index contributed by atoms with van der Waals surface area (Å²) in [4.78, 5) is 0. The Bertz CT molecular complexity index is 297. The van der Waals surface area contributed by atoms with Crippen LogP contribution in [-0.2, 0) is 0 Å². The Labute approximate surface area is 99.9 Å². The molecular weight excluding hydrogens is 196 g/mol. The molecule has 1 saturated carbocycles. The average Bonchev–Trinajstić information content (AvgIpc) is 2.15. The SMILES string of the molecule is CC1=CCC[C@@]2(C)CC[C@H](C(C)(C)O)C[C@H]12. The second kappa shape index (κ2) is 3.87. The molecule has 0 saturated heterocycles. The summed E-state index contributed by atoms with van der Waals surface area (Å²) in [5.41, 5.74) is 1.59. The molecule has 0 heterocycles. The Kier molecular flexibility index (Phi) is 2.94. The minimum atomic E-state index is -0.501. The van der Waals surface area contributed by atoms with Crippen molar-refractivity contribution in [3.05, 3.63) is 11.6 Å². The molecule has 0 spiro atoms. The molecule has 0 aromatic rings. The number of aliphatic hydroxyl groups is 1. The summed E-state index contributed by atoms with van der Waals surface area (Å²) in [7, 11) is 0. The summed E-state index contributed by atoms with van der Waals surface area (Å²) in [5.74, 6) is 1.19. The highest BCUT2D eigenvalue weighted by Crippen LogP contribution is 2.53. The molecule has 16 heavy (non-hydrogen) atoms. The zero-order valence-electron chi connectivity index (χ0n) is 11.2. The summed E-state index contributed by atoms with van der Waals surface area (Å²) in [6.45, 7) is 8.69. The number of hydrogen-bond donors (Lipinski definition) is 1. The van der Waals surface area contributed by atoms with Crippen LogP contribution in [0.1, 0.15) is 59.8 Å². The fraction of sp³-hybridized carbons (Fsp3) is 0.867. The molecule has 2 aliphatic rings. The van der Waals surface area contributed by atoms with Crippen LogP contribution in [-0.4, -0.2) is 10.7 Å². The van der Waals surface area contributed by atoms with Crippen molar-refractivity contribution in [1.29, 1.82) is 0 Å². The Balaban J connectivity index is 2.18. The van der Waals surface area contributed by atoms with Gasteiger partial charge in [-0.2, -0.15) is 0 Å². The van der Waals surface area contributed by atoms with E-state index in [9.17, 15) is 5.11 Å². The molecule has 2 rings (SSSR count). The van der Waals surface area contributed by atoms with Gasteiger partial charge in [-0.25, -0.2) is 0 Å². The first-order chi connectivity index (χ1) is 7.33. The van der Waals surface area contributed by atoms with Crippen LogP contribution in [0.15, 0.2) is 11.6 Å². The normalized spacial score (nSPS) is 40.2. The van der Waals surface area contributed by atoms with E-state index in [0.29, 0.717) is 17.3 Å². The van der Waals surface area contributed by atoms with E-state index >= 15 is 0 Å². The fourth-order valence-corrected chi connectivity index (χ4v) is 3.81. The van der Waals surface area contributed by atoms with Crippen molar-refractivity contribution in [3.8, 4) is 0 Å². The number of rotatable bonds is 1. The summed E-state index contributed by atoms with van der Waals surface area (Å²) in [5, 5.41) is 10.2. The van der Waals surface area contributed by atoms with E-state index in [0.717, 1.165) is 0 Å². The number of hydrogen-bond acceptors (Lipinski definition) is 1. The van der Waals surface area contributed by atoms with Crippen LogP contribution in [0.2, 0.25) is 0 Å². The third-order valence-corrected chi connectivity index (χ3v) is 5.16. The fourth-order valence-electron chi connectivity index (χ4n) is 3.81. The number of fused-ring (bicyclic) bond motifs is 1. The van der Waals surface area contributed by atoms with E-state index in [1.165, 1.54) is 32.1 Å². The summed E-state index contributed by atoms with van der Waals surface area (Å²) in [6, 6.07) is 0. The van der Waals surface area contributed by atoms with E-state index in [-0.39, 0.29) is 0 Å². The Morgan fingerprint density at radius 1 is 1.38 bits per heavy atom. The topological polar surface area (TPSA) is 20.2 Å². The van der Waals surface area contributed by atoms with Crippen molar-refractivity contribution in [2.24, 2.45) is 17.3 Å². The van der Waals surface area contributed by atoms with Crippen LogP contribution in [0, 0.1) is 17.3 Å². The van der Waals surface area contributed by atoms with Crippen molar-refractivity contribution in [3.63, 3.8) is 0 Å². The third-order valence-electron chi connectivity index (χ3n) is 5.16. The van der Waals surface area contributed by atoms with Crippen molar-refractivity contribution >= 4 is 0 Å². The molecule has 0 aromatic carbocycles. The van der Waals surface area contributed by atoms with Gasteiger partial charge in [0.05, 0.1) is 5.60 Å². The van der Waals surface area contributed by atoms with E-state index in [4.69, 9.17) is 0 Å². The van der Waals surface area contributed by atoms with Gasteiger partial charge in [-0.1, -0.05) is 18.6 Å². The second-order valence-electron chi connectivity index (χ2n) is 6.82. The quantitative estimate of drug-likeness (QED) is 0.667. The summed E-state index contributed by atoms with van der Waals surface area (Å²) < 4.78 is 0. The van der Waals surface area contributed by atoms with Gasteiger partial charge in [-0.15, -0.1) is 0 Å². The zero-order chi connectivity index (χ0) is 12.0. The van der Waals surface area contributed by atoms with Crippen LogP contribution in [0.5, 0.6) is 0 Å². The largest absolute Gasteiger partial charge is 0.390 e. The first-order valence-electron chi connectivity index (χ1n) is 6.72. The molecule has 0 amide bonds. The van der Waals surface area contributed by atoms with E-state index in [2.05, 4.69) is 19.9 Å². The van der Waals surface area contributed by atoms with Gasteiger partial charge in [0.25, 0.3) is 0 Å². The third kappa shape index (κ3) is 2.07. The van der Waals surface area contributed by atoms with E-state index < -0.39 is 5.60 Å². The lowest BCUT2D eigenvalue weighted by Crippen LogP contribution is -2.43. The molecule has 3 atom stereocenters. The van der Waals surface area contributed by atoms with Gasteiger partial charge in [0.15, 0.2) is 0 Å². The van der Waals surface area contributed by atoms with Crippen LogP contribution in [0.4, 0.5) is 0 Å². The predicted molar refractivity (Wildman–Crippen MR) is 68.2 cm³/mol. The molecule has 0 unspecified atom stereocenters. The molecule has 1 fully saturated rings. The van der Waals surface area contributed by atoms with Crippen molar-refractivity contribution in [1.82, 2.24) is 0 Å². The average molecular weight is 222 g/mol. The smallest absolute Gasteiger partial charge is 0.0620 e. The lowest BCUT2D eigenvalue weighted by atomic mass is 9.56. The maximum absolute atomic E-state index is 10.2. The molecule has 0 radical (unpaired) electrons. The molecule has 2 aliphatic carbocycles. The molecule has 1 heteroatoms. The molecule has 0 bridgehead atoms. The van der Waals surface area contributed by atoms with Crippen molar-refractivity contribution in [2.45, 2.75) is 65.4 Å². The first-order valence-corrected chi connectivity index (χ1v) is 6.72. The molecule has 0 aliphatic heterocycles. The summed E-state index contributed by atoms with van der Waals surface area (Å²) >= 11 is 0. The van der Waals surface area contributed by atoms with Gasteiger partial charge >= 0.3 is 0 Å². The van der Waals surface area contributed by atoms with Crippen LogP contribution in [0.3, 0.4) is 0 Å². The molecule has 92 valence electrons. The van der Waals surface area contributed by atoms with Crippen molar-refractivity contribution in [2.75, 3.05) is 0 Å². The maximum atomic E-state index is 10.2. The van der Waals surface area contributed by atoms with Crippen LogP contribution >= 0.6 is 0 Å². The van der Waals surface area contributed by atoms with Gasteiger partial charge < -0.3 is 5.11 Å². The molecular formula is C15H26O. The molecule has 1 nitrogen and oxygen atoms in total. The standard InChI is InChI=1S/C15H26O/c1-11-6-5-8-15(4)9-7-12(10-13(11)15)14(2,3)16/h6,12-13,16H,5,7-10H2,1-4H3/t12-,13+,15-/m0/s1. The highest BCUT2D eigenvalue weighted by atomic mass is 16.3. The van der Waals surface area contributed by atoms with E-state index in [1.54, 1.807) is 5.57 Å². The van der Waals surface area contributed by atoms with Gasteiger partial charge in [-0.3, -0.25) is 0 Å². The van der Waals surface area contributed by atoms with Gasteiger partial charge in [0.1, 0.15) is 0 Å². The lowest BCUT2D eigenvalue weighted by Gasteiger charge is -2.49. The minimum Gasteiger partial charge on any atom is -0.390 e. The molecule has 0 aromatic heterocycles. The zero-order valence-corrected chi connectivity index (χ0v) is 11.2. The Morgan fingerprint density at radius 2 is 2.06 bits per heavy atom. The summed E-state index contributed by atoms with van der Waals surface area (Å²) in [6.07, 6.45) is 8.68. The predicted octanol–water partition coefficient (Wildman–Crippen LogP) is 3.92. The van der Waals surface area contributed by atoms with E-state index in [1.807, 2.05) is 13.8 Å². The van der Waals surface area contributed by atoms with Crippen molar-refractivity contribution < 1.29 is 5.11 Å². The first kappa shape index (κ1) is 12.2. The van der Waals surface area contributed by atoms with Crippen LogP contribution < -0.4 is 0 Å². The Hall–Kier alpha value is -0.300. The maximum Gasteiger partial charge on any atom is 0.0620 e. The minimum absolute atomic E-state index is 0.479. The monoisotopic (exact) mass is 222 g/mol. The second-order valence-corrected chi connectivity index (χ2v) is 6.82. The number of allylic oxidation sites excluding steroid dienone is 2. The van der Waals surface area contributed by atoms with Gasteiger partial charge in [0.2, 0.25) is 0 Å². The van der Waals surface area contributed by atoms with Crippen LogP contribution in [0.25, 0.3) is 0 Å². The Morgan fingerprint density at radius 3 is 2.69 bits per heavy atom. The highest BCUT2D eigenvalue weighted by Gasteiger charge is 2.44. The molecule has 1 N–H and O–H groups in total. The van der Waals surface area contributed by atoms with Gasteiger partial charge in [-0.05, 0) is 70.1 Å². The van der Waals surface area contributed by atoms with Gasteiger partial charge in [0, 0.05) is 0 Å². The highest BCUT2D eigenvalue weighted by molar-refractivity contribution is 5.15. The lowest BCUT2D eigenvalue weighted by molar-refractivity contribution is -0.0373.